The number of nitrogen functional groups attached to an aromatic ring is 1. The van der Waals surface area contributed by atoms with Gasteiger partial charge in [0.2, 0.25) is 9.47 Å². The third-order valence-corrected chi connectivity index (χ3v) is 5.48. The summed E-state index contributed by atoms with van der Waals surface area (Å²) in [5, 5.41) is 7.24. The largest absolute Gasteiger partial charge is 0.383 e. The van der Waals surface area contributed by atoms with Crippen molar-refractivity contribution in [2.45, 2.75) is 17.3 Å². The standard InChI is InChI=1S/C9H18N4O4S2/c1-7(6-17-3)13(4-5-16-2)19(14,15)9-12-11-8(10)18-9/h7H,4-6H2,1-3H3,(H2,10,11). The van der Waals surface area contributed by atoms with E-state index in [1.807, 2.05) is 0 Å². The van der Waals surface area contributed by atoms with Crippen LogP contribution in [0.15, 0.2) is 4.34 Å². The zero-order valence-electron chi connectivity index (χ0n) is 11.1. The Morgan fingerprint density at radius 1 is 1.37 bits per heavy atom. The van der Waals surface area contributed by atoms with Crippen LogP contribution in [-0.4, -0.2) is 62.9 Å². The van der Waals surface area contributed by atoms with Gasteiger partial charge in [-0.3, -0.25) is 0 Å². The van der Waals surface area contributed by atoms with E-state index < -0.39 is 10.0 Å². The van der Waals surface area contributed by atoms with Crippen molar-refractivity contribution >= 4 is 26.5 Å². The molecule has 1 atom stereocenters. The van der Waals surface area contributed by atoms with E-state index in [4.69, 9.17) is 15.2 Å². The fraction of sp³-hybridized carbons (Fsp3) is 0.778. The van der Waals surface area contributed by atoms with Crippen LogP contribution < -0.4 is 5.73 Å². The number of methoxy groups -OCH3 is 2. The number of sulfonamides is 1. The van der Waals surface area contributed by atoms with E-state index in [-0.39, 0.29) is 35.3 Å². The van der Waals surface area contributed by atoms with Crippen LogP contribution in [0.3, 0.4) is 0 Å². The highest BCUT2D eigenvalue weighted by Gasteiger charge is 2.31. The van der Waals surface area contributed by atoms with Crippen molar-refractivity contribution < 1.29 is 17.9 Å². The second-order valence-electron chi connectivity index (χ2n) is 3.82. The molecule has 0 amide bonds. The average molecular weight is 310 g/mol. The van der Waals surface area contributed by atoms with Crippen molar-refractivity contribution in [3.8, 4) is 0 Å². The molecule has 8 nitrogen and oxygen atoms in total. The van der Waals surface area contributed by atoms with Crippen molar-refractivity contribution in [1.29, 1.82) is 0 Å². The van der Waals surface area contributed by atoms with E-state index in [0.717, 1.165) is 11.3 Å². The fourth-order valence-corrected chi connectivity index (χ4v) is 4.01. The summed E-state index contributed by atoms with van der Waals surface area (Å²) in [7, 11) is -0.713. The van der Waals surface area contributed by atoms with Crippen molar-refractivity contribution in [1.82, 2.24) is 14.5 Å². The summed E-state index contributed by atoms with van der Waals surface area (Å²) in [5.41, 5.74) is 5.42. The molecule has 1 aromatic heterocycles. The molecule has 1 aromatic rings. The van der Waals surface area contributed by atoms with E-state index in [9.17, 15) is 8.42 Å². The van der Waals surface area contributed by atoms with Gasteiger partial charge in [-0.1, -0.05) is 11.3 Å². The van der Waals surface area contributed by atoms with Gasteiger partial charge in [-0.15, -0.1) is 10.2 Å². The van der Waals surface area contributed by atoms with E-state index in [0.29, 0.717) is 0 Å². The molecule has 0 aliphatic heterocycles. The van der Waals surface area contributed by atoms with Crippen LogP contribution in [0.25, 0.3) is 0 Å². The van der Waals surface area contributed by atoms with Gasteiger partial charge in [0, 0.05) is 26.8 Å². The number of nitrogens with two attached hydrogens (primary N) is 1. The number of rotatable bonds is 8. The number of hydrogen-bond donors (Lipinski definition) is 1. The Hall–Kier alpha value is -0.810. The lowest BCUT2D eigenvalue weighted by atomic mass is 10.3. The molecule has 1 rings (SSSR count). The summed E-state index contributed by atoms with van der Waals surface area (Å²) in [5.74, 6) is 0. The minimum atomic E-state index is -3.74. The first kappa shape index (κ1) is 16.2. The van der Waals surface area contributed by atoms with Crippen LogP contribution >= 0.6 is 11.3 Å². The predicted molar refractivity (Wildman–Crippen MR) is 71.4 cm³/mol. The van der Waals surface area contributed by atoms with Crippen molar-refractivity contribution in [2.75, 3.05) is 39.7 Å². The number of ether oxygens (including phenoxy) is 2. The summed E-state index contributed by atoms with van der Waals surface area (Å²) < 4.78 is 36.0. The average Bonchev–Trinajstić information content (AvgIpc) is 2.77. The third kappa shape index (κ3) is 4.08. The van der Waals surface area contributed by atoms with E-state index in [1.54, 1.807) is 6.92 Å². The first-order valence-electron chi connectivity index (χ1n) is 5.52. The van der Waals surface area contributed by atoms with Crippen molar-refractivity contribution in [3.63, 3.8) is 0 Å². The summed E-state index contributed by atoms with van der Waals surface area (Å²) in [6, 6.07) is -0.338. The molecular formula is C9H18N4O4S2. The smallest absolute Gasteiger partial charge is 0.272 e. The Morgan fingerprint density at radius 3 is 2.53 bits per heavy atom. The van der Waals surface area contributed by atoms with Gasteiger partial charge in [-0.25, -0.2) is 8.42 Å². The first-order valence-corrected chi connectivity index (χ1v) is 7.77. The summed E-state index contributed by atoms with van der Waals surface area (Å²) in [6.07, 6.45) is 0. The molecule has 0 spiro atoms. The number of anilines is 1. The Kier molecular flexibility index (Phi) is 6.07. The molecule has 0 saturated carbocycles. The first-order chi connectivity index (χ1) is 8.93. The maximum absolute atomic E-state index is 12.4. The highest BCUT2D eigenvalue weighted by Crippen LogP contribution is 2.22. The molecule has 19 heavy (non-hydrogen) atoms. The second-order valence-corrected chi connectivity index (χ2v) is 6.89. The molecule has 0 aromatic carbocycles. The van der Waals surface area contributed by atoms with Gasteiger partial charge in [-0.05, 0) is 6.92 Å². The van der Waals surface area contributed by atoms with Gasteiger partial charge < -0.3 is 15.2 Å². The predicted octanol–water partition coefficient (Wildman–Crippen LogP) is -0.208. The molecule has 10 heteroatoms. The lowest BCUT2D eigenvalue weighted by Gasteiger charge is -2.26. The third-order valence-electron chi connectivity index (χ3n) is 2.37. The Balaban J connectivity index is 3.01. The molecule has 110 valence electrons. The summed E-state index contributed by atoms with van der Waals surface area (Å²) in [4.78, 5) is 0. The number of aromatic nitrogens is 2. The number of hydrogen-bond acceptors (Lipinski definition) is 8. The second kappa shape index (κ2) is 7.10. The van der Waals surface area contributed by atoms with Crippen molar-refractivity contribution in [3.05, 3.63) is 0 Å². The molecule has 0 aliphatic carbocycles. The van der Waals surface area contributed by atoms with Gasteiger partial charge in [0.1, 0.15) is 0 Å². The van der Waals surface area contributed by atoms with Gasteiger partial charge in [0.25, 0.3) is 10.0 Å². The monoisotopic (exact) mass is 310 g/mol. The molecular weight excluding hydrogens is 292 g/mol. The minimum absolute atomic E-state index is 0.115. The van der Waals surface area contributed by atoms with Crippen molar-refractivity contribution in [2.24, 2.45) is 0 Å². The number of nitrogens with zero attached hydrogens (tertiary/aromatic N) is 3. The lowest BCUT2D eigenvalue weighted by molar-refractivity contribution is 0.119. The molecule has 1 heterocycles. The van der Waals surface area contributed by atoms with E-state index in [1.165, 1.54) is 18.5 Å². The Bertz CT molecular complexity index is 490. The molecule has 2 N–H and O–H groups in total. The van der Waals surface area contributed by atoms with Gasteiger partial charge in [0.05, 0.1) is 13.2 Å². The lowest BCUT2D eigenvalue weighted by Crippen LogP contribution is -2.42. The molecule has 1 unspecified atom stereocenters. The van der Waals surface area contributed by atoms with E-state index in [2.05, 4.69) is 10.2 Å². The van der Waals surface area contributed by atoms with E-state index >= 15 is 0 Å². The van der Waals surface area contributed by atoms with Crippen LogP contribution in [0.5, 0.6) is 0 Å². The Labute approximate surface area is 116 Å². The zero-order chi connectivity index (χ0) is 14.5. The molecule has 0 radical (unpaired) electrons. The zero-order valence-corrected chi connectivity index (χ0v) is 12.7. The van der Waals surface area contributed by atoms with Crippen LogP contribution in [0.4, 0.5) is 5.13 Å². The van der Waals surface area contributed by atoms with Crippen LogP contribution in [-0.2, 0) is 19.5 Å². The summed E-state index contributed by atoms with van der Waals surface area (Å²) >= 11 is 0.836. The fourth-order valence-electron chi connectivity index (χ4n) is 1.51. The maximum Gasteiger partial charge on any atom is 0.272 e. The highest BCUT2D eigenvalue weighted by molar-refractivity contribution is 7.91. The minimum Gasteiger partial charge on any atom is -0.383 e. The van der Waals surface area contributed by atoms with Gasteiger partial charge in [-0.2, -0.15) is 4.31 Å². The van der Waals surface area contributed by atoms with Crippen LogP contribution in [0.2, 0.25) is 0 Å². The van der Waals surface area contributed by atoms with Gasteiger partial charge >= 0.3 is 0 Å². The highest BCUT2D eigenvalue weighted by atomic mass is 32.2. The topological polar surface area (TPSA) is 108 Å². The molecule has 0 fully saturated rings. The van der Waals surface area contributed by atoms with Crippen LogP contribution in [0, 0.1) is 0 Å². The van der Waals surface area contributed by atoms with Gasteiger partial charge in [0.15, 0.2) is 0 Å². The molecule has 0 saturated heterocycles. The molecule has 0 bridgehead atoms. The SMILES string of the molecule is COCCN(C(C)COC)S(=O)(=O)c1nnc(N)s1. The van der Waals surface area contributed by atoms with Crippen LogP contribution in [0.1, 0.15) is 6.92 Å². The molecule has 0 aliphatic rings. The maximum atomic E-state index is 12.4. The normalized spacial score (nSPS) is 13.9. The Morgan fingerprint density at radius 2 is 2.05 bits per heavy atom. The summed E-state index contributed by atoms with van der Waals surface area (Å²) in [6.45, 7) is 2.52. The quantitative estimate of drug-likeness (QED) is 0.708.